The van der Waals surface area contributed by atoms with Crippen LogP contribution in [-0.2, 0) is 38.4 Å². The van der Waals surface area contributed by atoms with E-state index in [0.29, 0.717) is 20.1 Å². The number of esters is 2. The van der Waals surface area contributed by atoms with Gasteiger partial charge in [-0.05, 0) is 123 Å². The van der Waals surface area contributed by atoms with E-state index in [1.54, 1.807) is 48.5 Å². The normalized spacial score (nSPS) is 14.0. The van der Waals surface area contributed by atoms with E-state index in [2.05, 4.69) is 19.8 Å². The molecule has 0 saturated carbocycles. The van der Waals surface area contributed by atoms with Crippen LogP contribution in [0, 0.1) is 7.14 Å². The third-order valence-electron chi connectivity index (χ3n) is 6.59. The molecule has 3 aromatic carbocycles. The molecule has 45 heavy (non-hydrogen) atoms. The first-order chi connectivity index (χ1) is 21.3. The number of halogens is 2. The molecule has 0 radical (unpaired) electrons. The number of aromatic nitrogens is 1. The molecule has 5 rings (SSSR count). The van der Waals surface area contributed by atoms with Gasteiger partial charge in [0.15, 0.2) is 0 Å². The summed E-state index contributed by atoms with van der Waals surface area (Å²) < 4.78 is 10.6. The molecule has 1 aliphatic rings. The van der Waals surface area contributed by atoms with Crippen LogP contribution in [0.3, 0.4) is 0 Å². The maximum Gasteiger partial charge on any atom is 0.356 e. The van der Waals surface area contributed by atoms with Crippen molar-refractivity contribution in [2.24, 2.45) is 5.73 Å². The van der Waals surface area contributed by atoms with E-state index in [1.807, 2.05) is 51.2 Å². The van der Waals surface area contributed by atoms with Crippen molar-refractivity contribution in [2.45, 2.75) is 31.5 Å². The van der Waals surface area contributed by atoms with Gasteiger partial charge in [-0.15, -0.1) is 0 Å². The second kappa shape index (κ2) is 16.5. The molecule has 0 aliphatic carbocycles. The molecule has 0 spiro atoms. The summed E-state index contributed by atoms with van der Waals surface area (Å²) in [4.78, 5) is 37.0. The van der Waals surface area contributed by atoms with Crippen molar-refractivity contribution in [3.63, 3.8) is 0 Å². The maximum atomic E-state index is 11.3. The number of phenols is 3. The van der Waals surface area contributed by atoms with Crippen molar-refractivity contribution in [3.8, 4) is 17.2 Å². The number of aromatic hydroxyl groups is 3. The van der Waals surface area contributed by atoms with E-state index < -0.39 is 18.0 Å². The Labute approximate surface area is 285 Å². The summed E-state index contributed by atoms with van der Waals surface area (Å²) in [5.41, 5.74) is 8.62. The minimum atomic E-state index is -1.02. The lowest BCUT2D eigenvalue weighted by Gasteiger charge is -2.24. The molecular weight excluding hydrogens is 812 g/mol. The van der Waals surface area contributed by atoms with Crippen molar-refractivity contribution < 1.29 is 44.3 Å². The van der Waals surface area contributed by atoms with Gasteiger partial charge in [-0.3, -0.25) is 9.59 Å². The summed E-state index contributed by atoms with van der Waals surface area (Å²) >= 11 is 3.99. The van der Waals surface area contributed by atoms with E-state index in [1.165, 1.54) is 20.4 Å². The number of rotatable bonds is 5. The Bertz CT molecular complexity index is 1680. The Kier molecular flexibility index (Phi) is 13.1. The fourth-order valence-corrected chi connectivity index (χ4v) is 6.13. The number of carboxylic acids is 1. The number of ether oxygens (including phenoxy) is 2. The zero-order chi connectivity index (χ0) is 33.3. The molecular formula is C31H31I2N3O9. The highest BCUT2D eigenvalue weighted by Gasteiger charge is 2.24. The van der Waals surface area contributed by atoms with Crippen LogP contribution in [0.15, 0.2) is 60.8 Å². The molecule has 7 N–H and O–H groups in total. The fraction of sp³-hybridized carbons (Fsp3) is 0.226. The number of carboxylic acid groups (broad SMARTS) is 1. The summed E-state index contributed by atoms with van der Waals surface area (Å²) in [7, 11) is 2.70. The van der Waals surface area contributed by atoms with Crippen molar-refractivity contribution in [1.29, 1.82) is 0 Å². The Hall–Kier alpha value is -3.74. The lowest BCUT2D eigenvalue weighted by Crippen LogP contribution is -2.42. The molecule has 0 saturated heterocycles. The summed E-state index contributed by atoms with van der Waals surface area (Å²) in [5.74, 6) is -1.07. The number of carbonyl (C=O) groups excluding carboxylic acids is 2. The van der Waals surface area contributed by atoms with Gasteiger partial charge in [0, 0.05) is 18.1 Å². The van der Waals surface area contributed by atoms with Gasteiger partial charge in [-0.2, -0.15) is 0 Å². The molecule has 14 heteroatoms. The summed E-state index contributed by atoms with van der Waals surface area (Å²) in [6, 6.07) is 14.0. The minimum absolute atomic E-state index is 0.176. The topological polar surface area (TPSA) is 202 Å². The number of pyridine rings is 1. The molecule has 0 amide bonds. The lowest BCUT2D eigenvalue weighted by atomic mass is 9.96. The molecule has 12 nitrogen and oxygen atoms in total. The number of methoxy groups -OCH3 is 2. The monoisotopic (exact) mass is 843 g/mol. The van der Waals surface area contributed by atoms with Crippen LogP contribution in [0.5, 0.6) is 17.2 Å². The van der Waals surface area contributed by atoms with E-state index in [9.17, 15) is 29.7 Å². The van der Waals surface area contributed by atoms with E-state index in [4.69, 9.17) is 10.8 Å². The molecule has 0 fully saturated rings. The predicted octanol–water partition coefficient (Wildman–Crippen LogP) is 3.86. The van der Waals surface area contributed by atoms with Gasteiger partial charge >= 0.3 is 17.9 Å². The highest BCUT2D eigenvalue weighted by atomic mass is 127. The van der Waals surface area contributed by atoms with Crippen molar-refractivity contribution in [3.05, 3.63) is 90.3 Å². The Morgan fingerprint density at radius 3 is 2.20 bits per heavy atom. The van der Waals surface area contributed by atoms with Gasteiger partial charge in [-0.1, -0.05) is 12.1 Å². The molecule has 2 heterocycles. The molecule has 4 aromatic rings. The highest BCUT2D eigenvalue weighted by Crippen LogP contribution is 2.28. The number of aliphatic carboxylic acids is 1. The molecule has 1 aliphatic heterocycles. The number of nitrogens with one attached hydrogen (secondary N) is 1. The zero-order valence-corrected chi connectivity index (χ0v) is 28.5. The van der Waals surface area contributed by atoms with Crippen LogP contribution >= 0.6 is 45.2 Å². The molecule has 2 atom stereocenters. The third kappa shape index (κ3) is 10.1. The van der Waals surface area contributed by atoms with Gasteiger partial charge in [0.1, 0.15) is 35.0 Å². The number of nitrogens with two attached hydrogens (primary N) is 1. The average Bonchev–Trinajstić information content (AvgIpc) is 3.02. The number of carbonyl (C=O) groups is 3. The second-order valence-corrected chi connectivity index (χ2v) is 12.1. The highest BCUT2D eigenvalue weighted by molar-refractivity contribution is 14.1. The van der Waals surface area contributed by atoms with E-state index >= 15 is 0 Å². The third-order valence-corrected chi connectivity index (χ3v) is 8.23. The lowest BCUT2D eigenvalue weighted by molar-refractivity contribution is -0.143. The van der Waals surface area contributed by atoms with Gasteiger partial charge in [-0.25, -0.2) is 9.78 Å². The van der Waals surface area contributed by atoms with Gasteiger partial charge in [0.2, 0.25) is 0 Å². The van der Waals surface area contributed by atoms with Crippen LogP contribution in [0.25, 0.3) is 10.8 Å². The summed E-state index contributed by atoms with van der Waals surface area (Å²) in [5, 5.41) is 41.4. The number of hydrogen-bond acceptors (Lipinski definition) is 11. The molecule has 1 aromatic heterocycles. The predicted molar refractivity (Wildman–Crippen MR) is 182 cm³/mol. The van der Waals surface area contributed by atoms with Crippen LogP contribution < -0.4 is 11.1 Å². The summed E-state index contributed by atoms with van der Waals surface area (Å²) in [6.07, 6.45) is 2.41. The van der Waals surface area contributed by atoms with Crippen LogP contribution in [0.2, 0.25) is 0 Å². The number of benzene rings is 3. The second-order valence-electron chi connectivity index (χ2n) is 9.76. The van der Waals surface area contributed by atoms with Crippen LogP contribution in [0.4, 0.5) is 0 Å². The first-order valence-corrected chi connectivity index (χ1v) is 15.4. The Morgan fingerprint density at radius 2 is 1.58 bits per heavy atom. The van der Waals surface area contributed by atoms with Crippen molar-refractivity contribution in [2.75, 3.05) is 14.2 Å². The zero-order valence-electron chi connectivity index (χ0n) is 24.2. The Morgan fingerprint density at radius 1 is 0.933 bits per heavy atom. The SMILES string of the molecule is COC(=O)C1Cc2ccc(O)cc2CN1.COC(=O)c1cc2ccc(O)cc2cn1.NC(Cc1cc(I)c(O)c(I)c1)C(=O)O. The quantitative estimate of drug-likeness (QED) is 0.125. The summed E-state index contributed by atoms with van der Waals surface area (Å²) in [6.45, 7) is 0.587. The Balaban J connectivity index is 0.000000184. The van der Waals surface area contributed by atoms with Crippen molar-refractivity contribution >= 4 is 73.9 Å². The number of phenolic OH excluding ortho intramolecular Hbond substituents is 3. The molecule has 2 unspecified atom stereocenters. The van der Waals surface area contributed by atoms with Crippen LogP contribution in [-0.4, -0.2) is 69.6 Å². The minimum Gasteiger partial charge on any atom is -0.508 e. The van der Waals surface area contributed by atoms with E-state index in [0.717, 1.165) is 27.5 Å². The number of nitrogens with zero attached hydrogens (tertiary/aromatic N) is 1. The maximum absolute atomic E-state index is 11.3. The number of hydrogen-bond donors (Lipinski definition) is 6. The smallest absolute Gasteiger partial charge is 0.356 e. The largest absolute Gasteiger partial charge is 0.508 e. The number of fused-ring (bicyclic) bond motifs is 2. The first kappa shape index (κ1) is 35.7. The van der Waals surface area contributed by atoms with Gasteiger partial charge in [0.05, 0.1) is 21.4 Å². The molecule has 0 bridgehead atoms. The first-order valence-electron chi connectivity index (χ1n) is 13.3. The standard InChI is InChI=1S/C11H13NO3.C11H9NO3.C9H9I2NO3/c2*1-15-11(14)10-5-7-2-3-9(13)4-8(7)6-12-10;10-5-1-4(2-6(11)8(5)13)3-7(12)9(14)15/h2-4,10,12-13H,5-6H2,1H3;2-6,13H,1H3;1-2,7,13H,3,12H2,(H,14,15). The average molecular weight is 843 g/mol. The van der Waals surface area contributed by atoms with Gasteiger partial charge in [0.25, 0.3) is 0 Å². The van der Waals surface area contributed by atoms with Crippen LogP contribution in [0.1, 0.15) is 27.2 Å². The van der Waals surface area contributed by atoms with Crippen molar-refractivity contribution in [1.82, 2.24) is 10.3 Å². The molecule has 238 valence electrons. The van der Waals surface area contributed by atoms with Gasteiger partial charge < -0.3 is 41.0 Å². The van der Waals surface area contributed by atoms with E-state index in [-0.39, 0.29) is 41.4 Å². The fourth-order valence-electron chi connectivity index (χ4n) is 4.23.